The molecule has 1 N–H and O–H groups in total. The molecule has 0 aromatic heterocycles. The molecule has 0 bridgehead atoms. The number of nitrogens with zero attached hydrogens (tertiary/aromatic N) is 1. The van der Waals surface area contributed by atoms with Crippen molar-refractivity contribution in [3.63, 3.8) is 0 Å². The van der Waals surface area contributed by atoms with Gasteiger partial charge >= 0.3 is 6.03 Å². The summed E-state index contributed by atoms with van der Waals surface area (Å²) in [6.07, 6.45) is 0. The molecule has 3 amide bonds. The number of hydrogen-bond donors (Lipinski definition) is 1. The number of methoxy groups -OCH3 is 2. The molecular weight excluding hydrogens is 384 g/mol. The second-order valence-corrected chi connectivity index (χ2v) is 6.82. The highest BCUT2D eigenvalue weighted by atomic mass is 35.5. The van der Waals surface area contributed by atoms with Crippen molar-refractivity contribution in [2.75, 3.05) is 20.8 Å². The fourth-order valence-electron chi connectivity index (χ4n) is 3.15. The van der Waals surface area contributed by atoms with Gasteiger partial charge in [-0.25, -0.2) is 4.79 Å². The lowest BCUT2D eigenvalue weighted by atomic mass is 9.92. The van der Waals surface area contributed by atoms with Crippen molar-refractivity contribution >= 4 is 29.3 Å². The summed E-state index contributed by atoms with van der Waals surface area (Å²) >= 11 is 6.21. The van der Waals surface area contributed by atoms with Crippen LogP contribution in [-0.2, 0) is 10.3 Å². The number of nitrogens with one attached hydrogen (secondary N) is 1. The Kier molecular flexibility index (Phi) is 5.29. The normalized spacial score (nSPS) is 18.8. The van der Waals surface area contributed by atoms with Crippen molar-refractivity contribution in [3.05, 3.63) is 58.6 Å². The average Bonchev–Trinajstić information content (AvgIpc) is 2.91. The van der Waals surface area contributed by atoms with Crippen LogP contribution in [0.4, 0.5) is 4.79 Å². The Morgan fingerprint density at radius 3 is 2.50 bits per heavy atom. The van der Waals surface area contributed by atoms with E-state index in [2.05, 4.69) is 5.32 Å². The molecule has 1 atom stereocenters. The van der Waals surface area contributed by atoms with Gasteiger partial charge in [-0.3, -0.25) is 14.5 Å². The minimum absolute atomic E-state index is 0.246. The molecule has 0 unspecified atom stereocenters. The number of amides is 3. The maximum atomic E-state index is 13.0. The number of Topliss-reactive ketones (excluding diaryl/α,β-unsaturated/α-hetero) is 1. The summed E-state index contributed by atoms with van der Waals surface area (Å²) in [7, 11) is 2.92. The number of halogens is 1. The van der Waals surface area contributed by atoms with Crippen molar-refractivity contribution in [1.82, 2.24) is 10.2 Å². The van der Waals surface area contributed by atoms with E-state index in [-0.39, 0.29) is 5.56 Å². The Morgan fingerprint density at radius 2 is 1.86 bits per heavy atom. The first-order chi connectivity index (χ1) is 13.3. The average molecular weight is 403 g/mol. The zero-order valence-electron chi connectivity index (χ0n) is 15.6. The van der Waals surface area contributed by atoms with Crippen molar-refractivity contribution in [1.29, 1.82) is 0 Å². The largest absolute Gasteiger partial charge is 0.497 e. The smallest absolute Gasteiger partial charge is 0.325 e. The third kappa shape index (κ3) is 3.29. The van der Waals surface area contributed by atoms with Crippen molar-refractivity contribution in [3.8, 4) is 11.5 Å². The SMILES string of the molecule is COc1ccc(C(=O)CN2C(=O)N[C@](C)(c3ccccc3Cl)C2=O)c(OC)c1. The number of rotatable bonds is 6. The molecule has 1 heterocycles. The molecule has 1 saturated heterocycles. The molecule has 1 aliphatic heterocycles. The Morgan fingerprint density at radius 1 is 1.14 bits per heavy atom. The van der Waals surface area contributed by atoms with Gasteiger partial charge in [-0.2, -0.15) is 0 Å². The number of ketones is 1. The van der Waals surface area contributed by atoms with E-state index >= 15 is 0 Å². The van der Waals surface area contributed by atoms with Gasteiger partial charge in [-0.1, -0.05) is 29.8 Å². The molecule has 2 aromatic carbocycles. The molecule has 1 aliphatic rings. The van der Waals surface area contributed by atoms with Crippen LogP contribution in [0.2, 0.25) is 5.02 Å². The Hall–Kier alpha value is -3.06. The fourth-order valence-corrected chi connectivity index (χ4v) is 3.47. The molecular formula is C20H19ClN2O5. The van der Waals surface area contributed by atoms with Crippen LogP contribution in [-0.4, -0.2) is 43.4 Å². The molecule has 2 aromatic rings. The molecule has 0 radical (unpaired) electrons. The van der Waals surface area contributed by atoms with Crippen LogP contribution in [0.15, 0.2) is 42.5 Å². The summed E-state index contributed by atoms with van der Waals surface area (Å²) in [4.78, 5) is 39.1. The molecule has 3 rings (SSSR count). The van der Waals surface area contributed by atoms with Crippen LogP contribution in [0.5, 0.6) is 11.5 Å². The van der Waals surface area contributed by atoms with E-state index in [9.17, 15) is 14.4 Å². The predicted molar refractivity (Wildman–Crippen MR) is 103 cm³/mol. The highest BCUT2D eigenvalue weighted by Gasteiger charge is 2.50. The van der Waals surface area contributed by atoms with E-state index in [4.69, 9.17) is 21.1 Å². The second-order valence-electron chi connectivity index (χ2n) is 6.42. The zero-order valence-corrected chi connectivity index (χ0v) is 16.4. The third-order valence-corrected chi connectivity index (χ3v) is 5.03. The topological polar surface area (TPSA) is 84.9 Å². The van der Waals surface area contributed by atoms with E-state index in [1.807, 2.05) is 0 Å². The van der Waals surface area contributed by atoms with Crippen LogP contribution >= 0.6 is 11.6 Å². The summed E-state index contributed by atoms with van der Waals surface area (Å²) in [5, 5.41) is 2.99. The second kappa shape index (κ2) is 7.52. The van der Waals surface area contributed by atoms with Crippen LogP contribution in [0, 0.1) is 0 Å². The number of ether oxygens (including phenoxy) is 2. The molecule has 0 aliphatic carbocycles. The summed E-state index contributed by atoms with van der Waals surface area (Å²) in [6, 6.07) is 10.8. The van der Waals surface area contributed by atoms with Gasteiger partial charge in [0.25, 0.3) is 5.91 Å². The van der Waals surface area contributed by atoms with Crippen molar-refractivity contribution in [2.45, 2.75) is 12.5 Å². The summed E-state index contributed by atoms with van der Waals surface area (Å²) < 4.78 is 10.3. The predicted octanol–water partition coefficient (Wildman–Crippen LogP) is 3.01. The van der Waals surface area contributed by atoms with E-state index < -0.39 is 29.8 Å². The summed E-state index contributed by atoms with van der Waals surface area (Å²) in [5.74, 6) is -0.169. The lowest BCUT2D eigenvalue weighted by molar-refractivity contribution is -0.130. The van der Waals surface area contributed by atoms with Crippen molar-refractivity contribution in [2.24, 2.45) is 0 Å². The van der Waals surface area contributed by atoms with E-state index in [0.29, 0.717) is 22.1 Å². The van der Waals surface area contributed by atoms with Gasteiger partial charge in [0.1, 0.15) is 17.0 Å². The van der Waals surface area contributed by atoms with Gasteiger partial charge in [0, 0.05) is 16.7 Å². The first-order valence-electron chi connectivity index (χ1n) is 8.46. The van der Waals surface area contributed by atoms with Crippen LogP contribution < -0.4 is 14.8 Å². The first-order valence-corrected chi connectivity index (χ1v) is 8.84. The van der Waals surface area contributed by atoms with E-state index in [1.54, 1.807) is 43.3 Å². The zero-order chi connectivity index (χ0) is 20.5. The highest BCUT2D eigenvalue weighted by molar-refractivity contribution is 6.32. The Labute approximate surface area is 167 Å². The molecule has 7 nitrogen and oxygen atoms in total. The molecule has 8 heteroatoms. The third-order valence-electron chi connectivity index (χ3n) is 4.70. The quantitative estimate of drug-likeness (QED) is 0.593. The van der Waals surface area contributed by atoms with Crippen LogP contribution in [0.1, 0.15) is 22.8 Å². The molecule has 28 heavy (non-hydrogen) atoms. The summed E-state index contributed by atoms with van der Waals surface area (Å²) in [6.45, 7) is 1.14. The number of hydrogen-bond acceptors (Lipinski definition) is 5. The van der Waals surface area contributed by atoms with Crippen LogP contribution in [0.25, 0.3) is 0 Å². The van der Waals surface area contributed by atoms with Gasteiger partial charge < -0.3 is 14.8 Å². The Bertz CT molecular complexity index is 961. The lowest BCUT2D eigenvalue weighted by Gasteiger charge is -2.23. The van der Waals surface area contributed by atoms with Crippen molar-refractivity contribution < 1.29 is 23.9 Å². The standard InChI is InChI=1S/C20H19ClN2O5/c1-20(14-6-4-5-7-15(14)21)18(25)23(19(26)22-20)11-16(24)13-9-8-12(27-2)10-17(13)28-3/h4-10H,11H2,1-3H3,(H,22,26)/t20-/m1/s1. The molecule has 1 fully saturated rings. The molecule has 146 valence electrons. The van der Waals surface area contributed by atoms with Gasteiger partial charge in [0.05, 0.1) is 26.3 Å². The van der Waals surface area contributed by atoms with E-state index in [1.165, 1.54) is 20.3 Å². The van der Waals surface area contributed by atoms with Gasteiger partial charge in [0.15, 0.2) is 5.78 Å². The highest BCUT2D eigenvalue weighted by Crippen LogP contribution is 2.34. The Balaban J connectivity index is 1.87. The summed E-state index contributed by atoms with van der Waals surface area (Å²) in [5.41, 5.74) is -0.637. The van der Waals surface area contributed by atoms with Gasteiger partial charge in [0.2, 0.25) is 0 Å². The number of urea groups is 1. The lowest BCUT2D eigenvalue weighted by Crippen LogP contribution is -2.41. The molecule has 0 spiro atoms. The maximum absolute atomic E-state index is 13.0. The van der Waals surface area contributed by atoms with E-state index in [0.717, 1.165) is 4.90 Å². The minimum atomic E-state index is -1.35. The molecule has 0 saturated carbocycles. The minimum Gasteiger partial charge on any atom is -0.497 e. The van der Waals surface area contributed by atoms with Gasteiger partial charge in [-0.05, 0) is 25.1 Å². The first kappa shape index (κ1) is 19.7. The maximum Gasteiger partial charge on any atom is 0.325 e. The van der Waals surface area contributed by atoms with Gasteiger partial charge in [-0.15, -0.1) is 0 Å². The van der Waals surface area contributed by atoms with Crippen LogP contribution in [0.3, 0.4) is 0 Å². The number of carbonyl (C=O) groups excluding carboxylic acids is 3. The number of benzene rings is 2. The monoisotopic (exact) mass is 402 g/mol. The fraction of sp³-hybridized carbons (Fsp3) is 0.250. The number of imide groups is 1. The number of carbonyl (C=O) groups is 3.